The molecule has 0 bridgehead atoms. The lowest BCUT2D eigenvalue weighted by molar-refractivity contribution is -0.155. The van der Waals surface area contributed by atoms with Crippen LogP contribution in [0.5, 0.6) is 0 Å². The number of β-lactam (4-membered cyclic amide) rings is 1. The van der Waals surface area contributed by atoms with Crippen molar-refractivity contribution in [2.75, 3.05) is 18.1 Å². The van der Waals surface area contributed by atoms with E-state index in [9.17, 15) is 36.0 Å². The number of methoxy groups -OCH3 is 1. The minimum absolute atomic E-state index is 0.0648. The number of alkyl carbamates (subject to hydrolysis) is 1. The first-order valence-corrected chi connectivity index (χ1v) is 23.2. The van der Waals surface area contributed by atoms with Gasteiger partial charge in [-0.05, 0) is 75.6 Å². The van der Waals surface area contributed by atoms with E-state index in [4.69, 9.17) is 14.2 Å². The lowest BCUT2D eigenvalue weighted by Crippen LogP contribution is -2.70. The van der Waals surface area contributed by atoms with Crippen LogP contribution in [0.1, 0.15) is 62.1 Å². The van der Waals surface area contributed by atoms with Crippen molar-refractivity contribution in [3.8, 4) is 0 Å². The normalized spacial score (nSPS) is 16.5. The van der Waals surface area contributed by atoms with Crippen molar-refractivity contribution in [1.82, 2.24) is 15.5 Å². The number of amides is 3. The summed E-state index contributed by atoms with van der Waals surface area (Å²) in [5.41, 5.74) is 0.757. The van der Waals surface area contributed by atoms with Gasteiger partial charge in [0.1, 0.15) is 28.8 Å². The van der Waals surface area contributed by atoms with Gasteiger partial charge < -0.3 is 24.8 Å². The second kappa shape index (κ2) is 18.6. The van der Waals surface area contributed by atoms with E-state index in [-0.39, 0.29) is 21.9 Å². The molecule has 0 radical (unpaired) electrons. The van der Waals surface area contributed by atoms with E-state index in [2.05, 4.69) is 15.4 Å². The molecule has 4 aromatic carbocycles. The second-order valence-electron chi connectivity index (χ2n) is 14.7. The fourth-order valence-corrected chi connectivity index (χ4v) is 10.1. The molecule has 0 spiro atoms. The predicted octanol–water partition coefficient (Wildman–Crippen LogP) is 5.92. The zero-order chi connectivity index (χ0) is 44.0. The molecule has 1 heterocycles. The molecule has 3 amide bonds. The SMILES string of the molecule is CO/C(C)=C(\C(=O)OC(c1ccccc1)c1ccccc1)N1C(=O)C(NC(=O)[C@H](NC(=O)OC(C)(C)C)c2cccc(NS(C)(=O)=O)c2)C1SS(=O)(=O)c1ccc(C)cc1. The van der Waals surface area contributed by atoms with Gasteiger partial charge in [-0.2, -0.15) is 0 Å². The predicted molar refractivity (Wildman–Crippen MR) is 226 cm³/mol. The van der Waals surface area contributed by atoms with Crippen molar-refractivity contribution in [2.45, 2.75) is 68.7 Å². The van der Waals surface area contributed by atoms with Gasteiger partial charge >= 0.3 is 12.1 Å². The molecule has 15 nitrogen and oxygen atoms in total. The fourth-order valence-electron chi connectivity index (χ4n) is 6.04. The summed E-state index contributed by atoms with van der Waals surface area (Å²) in [4.78, 5) is 56.9. The number of nitrogens with zero attached hydrogens (tertiary/aromatic N) is 1. The number of aryl methyl sites for hydroxylation is 1. The van der Waals surface area contributed by atoms with Crippen molar-refractivity contribution >= 4 is 59.3 Å². The first-order valence-electron chi connectivity index (χ1n) is 18.4. The average molecular weight is 879 g/mol. The highest BCUT2D eigenvalue weighted by Gasteiger charge is 2.55. The Balaban J connectivity index is 1.55. The number of nitrogens with one attached hydrogen (secondary N) is 3. The van der Waals surface area contributed by atoms with Gasteiger partial charge in [0.05, 0.1) is 18.3 Å². The fraction of sp³-hybridized carbons (Fsp3) is 0.286. The third kappa shape index (κ3) is 11.5. The van der Waals surface area contributed by atoms with Gasteiger partial charge in [0.2, 0.25) is 24.8 Å². The van der Waals surface area contributed by atoms with Crippen LogP contribution >= 0.6 is 10.8 Å². The molecule has 318 valence electrons. The molecule has 2 unspecified atom stereocenters. The summed E-state index contributed by atoms with van der Waals surface area (Å²) in [5.74, 6) is -3.00. The molecular weight excluding hydrogens is 833 g/mol. The third-order valence-electron chi connectivity index (χ3n) is 8.83. The molecule has 18 heteroatoms. The van der Waals surface area contributed by atoms with E-state index < -0.39 is 77.6 Å². The van der Waals surface area contributed by atoms with E-state index in [1.165, 1.54) is 50.4 Å². The van der Waals surface area contributed by atoms with Gasteiger partial charge in [0.15, 0.2) is 11.8 Å². The smallest absolute Gasteiger partial charge is 0.408 e. The number of sulfonamides is 1. The van der Waals surface area contributed by atoms with Gasteiger partial charge in [-0.15, -0.1) is 0 Å². The second-order valence-corrected chi connectivity index (χ2v) is 20.4. The number of ether oxygens (including phenoxy) is 3. The van der Waals surface area contributed by atoms with E-state index in [0.29, 0.717) is 21.9 Å². The van der Waals surface area contributed by atoms with Gasteiger partial charge in [0, 0.05) is 16.5 Å². The van der Waals surface area contributed by atoms with Crippen LogP contribution in [0.15, 0.2) is 126 Å². The molecule has 3 atom stereocenters. The van der Waals surface area contributed by atoms with E-state index in [1.54, 1.807) is 100 Å². The van der Waals surface area contributed by atoms with E-state index in [1.807, 2.05) is 0 Å². The number of benzene rings is 4. The topological polar surface area (TPSA) is 204 Å². The maximum Gasteiger partial charge on any atom is 0.408 e. The summed E-state index contributed by atoms with van der Waals surface area (Å²) < 4.78 is 71.4. The highest BCUT2D eigenvalue weighted by atomic mass is 33.1. The van der Waals surface area contributed by atoms with Crippen LogP contribution in [0.2, 0.25) is 0 Å². The molecule has 0 aliphatic carbocycles. The Morgan fingerprint density at radius 2 is 1.38 bits per heavy atom. The van der Waals surface area contributed by atoms with Crippen LogP contribution < -0.4 is 15.4 Å². The molecular formula is C42H46N4O11S3. The summed E-state index contributed by atoms with van der Waals surface area (Å²) in [6, 6.07) is 26.1. The van der Waals surface area contributed by atoms with Crippen LogP contribution in [-0.4, -0.2) is 76.0 Å². The van der Waals surface area contributed by atoms with E-state index >= 15 is 0 Å². The Morgan fingerprint density at radius 1 is 0.817 bits per heavy atom. The quantitative estimate of drug-likeness (QED) is 0.0419. The van der Waals surface area contributed by atoms with E-state index in [0.717, 1.165) is 16.7 Å². The molecule has 3 N–H and O–H groups in total. The number of anilines is 1. The standard InChI is InChI=1S/C42H46N4O11S3/c1-26-21-23-32(24-22-26)60(53,54)58-39-34(43-37(47)33(44-41(50)57-42(3,4)5)30-19-14-20-31(25-30)45-59(7,51)52)38(48)46(39)35(27(2)55-6)40(49)56-36(28-15-10-8-11-16-28)29-17-12-9-13-18-29/h8-25,33-34,36,39,45H,1-7H3,(H,43,47)(H,44,50)/b35-27+/t33-,34?,39?/m1/s1. The molecule has 1 fully saturated rings. The lowest BCUT2D eigenvalue weighted by Gasteiger charge is -2.46. The zero-order valence-corrected chi connectivity index (χ0v) is 36.3. The van der Waals surface area contributed by atoms with Crippen molar-refractivity contribution in [1.29, 1.82) is 0 Å². The number of carbonyl (C=O) groups is 4. The minimum Gasteiger partial charge on any atom is -0.499 e. The highest BCUT2D eigenvalue weighted by Crippen LogP contribution is 2.41. The number of rotatable bonds is 15. The molecule has 5 rings (SSSR count). The Morgan fingerprint density at radius 3 is 1.92 bits per heavy atom. The van der Waals surface area contributed by atoms with Crippen LogP contribution in [0, 0.1) is 6.92 Å². The van der Waals surface area contributed by atoms with Crippen LogP contribution in [0.25, 0.3) is 0 Å². The minimum atomic E-state index is -4.30. The number of hydrogen-bond donors (Lipinski definition) is 3. The first kappa shape index (κ1) is 45.2. The summed E-state index contributed by atoms with van der Waals surface area (Å²) in [6.07, 6.45) is -1.04. The molecule has 1 aliphatic heterocycles. The van der Waals surface area contributed by atoms with Crippen molar-refractivity contribution in [2.24, 2.45) is 0 Å². The molecule has 1 saturated heterocycles. The van der Waals surface area contributed by atoms with Crippen molar-refractivity contribution in [3.05, 3.63) is 143 Å². The van der Waals surface area contributed by atoms with Gasteiger partial charge in [-0.1, -0.05) is 90.5 Å². The Bertz CT molecular complexity index is 2440. The number of allylic oxidation sites excluding steroid dienone is 1. The number of hydrogen-bond acceptors (Lipinski definition) is 12. The summed E-state index contributed by atoms with van der Waals surface area (Å²) in [7, 11) is -6.47. The molecule has 1 aliphatic rings. The number of esters is 1. The Hall–Kier alpha value is -5.85. The van der Waals surface area contributed by atoms with Crippen molar-refractivity contribution in [3.63, 3.8) is 0 Å². The molecule has 0 aromatic heterocycles. The Labute approximate surface area is 353 Å². The largest absolute Gasteiger partial charge is 0.499 e. The summed E-state index contributed by atoms with van der Waals surface area (Å²) in [5, 5.41) is 3.55. The lowest BCUT2D eigenvalue weighted by atomic mass is 10.0. The third-order valence-corrected chi connectivity index (χ3v) is 13.1. The van der Waals surface area contributed by atoms with Crippen LogP contribution in [0.3, 0.4) is 0 Å². The van der Waals surface area contributed by atoms with Crippen LogP contribution in [0.4, 0.5) is 10.5 Å². The highest BCUT2D eigenvalue weighted by molar-refractivity contribution is 8.72. The van der Waals surface area contributed by atoms with Crippen molar-refractivity contribution < 1.29 is 50.2 Å². The molecule has 0 saturated carbocycles. The number of carbonyl (C=O) groups excluding carboxylic acids is 4. The van der Waals surface area contributed by atoms with Gasteiger partial charge in [0.25, 0.3) is 5.91 Å². The number of likely N-dealkylation sites (tertiary alicyclic amines) is 1. The van der Waals surface area contributed by atoms with Gasteiger partial charge in [-0.3, -0.25) is 19.2 Å². The van der Waals surface area contributed by atoms with Crippen LogP contribution in [-0.2, 0) is 47.5 Å². The summed E-state index contributed by atoms with van der Waals surface area (Å²) in [6.45, 7) is 8.01. The van der Waals surface area contributed by atoms with Gasteiger partial charge in [-0.25, -0.2) is 26.4 Å². The maximum absolute atomic E-state index is 14.4. The molecule has 4 aromatic rings. The summed E-state index contributed by atoms with van der Waals surface area (Å²) >= 11 is 0. The maximum atomic E-state index is 14.4. The first-order chi connectivity index (χ1) is 28.2. The zero-order valence-electron chi connectivity index (χ0n) is 33.9. The molecule has 60 heavy (non-hydrogen) atoms. The Kier molecular flexibility index (Phi) is 14.0. The average Bonchev–Trinajstić information content (AvgIpc) is 3.18. The monoisotopic (exact) mass is 878 g/mol.